The molecule has 0 fully saturated rings. The molecule has 1 nitrogen and oxygen atoms in total. The van der Waals surface area contributed by atoms with E-state index in [0.717, 1.165) is 12.8 Å². The van der Waals surface area contributed by atoms with E-state index in [9.17, 15) is 0 Å². The molecule has 0 aromatic heterocycles. The van der Waals surface area contributed by atoms with Crippen LogP contribution in [0.2, 0.25) is 0 Å². The van der Waals surface area contributed by atoms with E-state index >= 15 is 0 Å². The Morgan fingerprint density at radius 1 is 0.320 bits per heavy atom. The van der Waals surface area contributed by atoms with E-state index in [0.29, 0.717) is 0 Å². The van der Waals surface area contributed by atoms with Gasteiger partial charge in [0, 0.05) is 10.8 Å². The van der Waals surface area contributed by atoms with Crippen LogP contribution < -0.4 is 4.90 Å². The molecule has 7 aliphatic rings. The molecule has 0 saturated heterocycles. The van der Waals surface area contributed by atoms with Gasteiger partial charge in [0.05, 0.1) is 27.9 Å². The quantitative estimate of drug-likeness (QED) is 0.167. The number of fused-ring (bicyclic) bond motifs is 23. The number of hydrogen-bond acceptors (Lipinski definition) is 1. The topological polar surface area (TPSA) is 3.24 Å². The Balaban J connectivity index is 0.865. The fourth-order valence-electron chi connectivity index (χ4n) is 16.1. The molecule has 5 aliphatic carbocycles. The highest BCUT2D eigenvalue weighted by molar-refractivity contribution is 6.00. The highest BCUT2D eigenvalue weighted by Gasteiger charge is 2.54. The van der Waals surface area contributed by atoms with Crippen LogP contribution in [0, 0.1) is 0 Å². The number of anilines is 3. The maximum absolute atomic E-state index is 2.62. The molecule has 1 heteroatoms. The number of rotatable bonds is 2. The maximum atomic E-state index is 2.62. The Hall–Kier alpha value is -8.52. The van der Waals surface area contributed by atoms with E-state index in [1.54, 1.807) is 0 Å². The molecular weight excluding hydrogens is 903 g/mol. The van der Waals surface area contributed by atoms with Crippen LogP contribution in [0.25, 0.3) is 61.2 Å². The van der Waals surface area contributed by atoms with Crippen molar-refractivity contribution in [2.75, 3.05) is 4.90 Å². The SMILES string of the molecule is CC1(C)c2ccccc2N2c3ccc(-c4ccc5c(c4)C4(C6=C5CCC=C6)c5ccccc5-c5ccccc54)cc3C(C)(C)c3cc(-c4ccc5c(c4)C4(c6ccccc6-c6ccccc64)c4ccccc4-5)cc1c32. The minimum atomic E-state index is -0.408. The van der Waals surface area contributed by atoms with Gasteiger partial charge in [-0.05, 0) is 189 Å². The zero-order valence-corrected chi connectivity index (χ0v) is 42.7. The third-order valence-corrected chi connectivity index (χ3v) is 19.3. The van der Waals surface area contributed by atoms with Crippen molar-refractivity contribution >= 4 is 22.6 Å². The van der Waals surface area contributed by atoms with Crippen molar-refractivity contribution in [3.05, 3.63) is 297 Å². The van der Waals surface area contributed by atoms with Gasteiger partial charge in [-0.15, -0.1) is 0 Å². The minimum Gasteiger partial charge on any atom is -0.309 e. The van der Waals surface area contributed by atoms with Crippen molar-refractivity contribution in [3.8, 4) is 55.6 Å². The third-order valence-electron chi connectivity index (χ3n) is 19.3. The molecule has 0 N–H and O–H groups in total. The number of para-hydroxylation sites is 1. The molecule has 0 radical (unpaired) electrons. The lowest BCUT2D eigenvalue weighted by Crippen LogP contribution is -2.38. The van der Waals surface area contributed by atoms with Gasteiger partial charge < -0.3 is 4.90 Å². The van der Waals surface area contributed by atoms with Crippen LogP contribution in [0.4, 0.5) is 17.1 Å². The average molecular weight is 956 g/mol. The van der Waals surface area contributed by atoms with Gasteiger partial charge in [-0.3, -0.25) is 0 Å². The molecule has 2 aliphatic heterocycles. The minimum absolute atomic E-state index is 0.252. The van der Waals surface area contributed by atoms with Crippen LogP contribution in [0.15, 0.2) is 230 Å². The predicted octanol–water partition coefficient (Wildman–Crippen LogP) is 18.5. The second-order valence-corrected chi connectivity index (χ2v) is 23.3. The van der Waals surface area contributed by atoms with Gasteiger partial charge in [-0.1, -0.05) is 210 Å². The fraction of sp³-hybridized carbons (Fsp3) is 0.135. The second kappa shape index (κ2) is 14.2. The Morgan fingerprint density at radius 3 is 1.27 bits per heavy atom. The zero-order chi connectivity index (χ0) is 49.7. The lowest BCUT2D eigenvalue weighted by Gasteiger charge is -2.50. The summed E-state index contributed by atoms with van der Waals surface area (Å²) in [7, 11) is 0. The number of benzene rings is 10. The van der Waals surface area contributed by atoms with Crippen LogP contribution in [0.3, 0.4) is 0 Å². The van der Waals surface area contributed by atoms with E-state index in [1.807, 2.05) is 0 Å². The summed E-state index contributed by atoms with van der Waals surface area (Å²) in [5, 5.41) is 0. The summed E-state index contributed by atoms with van der Waals surface area (Å²) in [5.74, 6) is 0. The molecule has 0 saturated carbocycles. The highest BCUT2D eigenvalue weighted by Crippen LogP contribution is 2.67. The predicted molar refractivity (Wildman–Crippen MR) is 310 cm³/mol. The highest BCUT2D eigenvalue weighted by atomic mass is 15.2. The number of allylic oxidation sites excluding steroid dienone is 4. The van der Waals surface area contributed by atoms with Crippen molar-refractivity contribution in [2.45, 2.75) is 62.2 Å². The van der Waals surface area contributed by atoms with Crippen molar-refractivity contribution in [3.63, 3.8) is 0 Å². The molecule has 2 heterocycles. The molecule has 10 aromatic rings. The normalized spacial score (nSPS) is 17.5. The summed E-state index contributed by atoms with van der Waals surface area (Å²) in [4.78, 5) is 2.62. The summed E-state index contributed by atoms with van der Waals surface area (Å²) in [6.45, 7) is 9.85. The van der Waals surface area contributed by atoms with Gasteiger partial charge in [0.1, 0.15) is 0 Å². The van der Waals surface area contributed by atoms with Gasteiger partial charge in [-0.25, -0.2) is 0 Å². The van der Waals surface area contributed by atoms with E-state index in [4.69, 9.17) is 0 Å². The smallest absolute Gasteiger partial charge is 0.0725 e. The molecule has 17 rings (SSSR count). The third kappa shape index (κ3) is 4.92. The fourth-order valence-corrected chi connectivity index (χ4v) is 16.1. The van der Waals surface area contributed by atoms with Gasteiger partial charge in [0.2, 0.25) is 0 Å². The number of nitrogens with zero attached hydrogens (tertiary/aromatic N) is 1. The molecule has 0 bridgehead atoms. The summed E-state index contributed by atoms with van der Waals surface area (Å²) >= 11 is 0. The molecule has 0 amide bonds. The van der Waals surface area contributed by atoms with E-state index < -0.39 is 5.41 Å². The van der Waals surface area contributed by atoms with Crippen LogP contribution in [-0.2, 0) is 21.7 Å². The molecule has 354 valence electrons. The lowest BCUT2D eigenvalue weighted by atomic mass is 9.65. The van der Waals surface area contributed by atoms with Crippen molar-refractivity contribution in [1.82, 2.24) is 0 Å². The van der Waals surface area contributed by atoms with Gasteiger partial charge in [-0.2, -0.15) is 0 Å². The average Bonchev–Trinajstić information content (AvgIpc) is 4.16. The molecular formula is C74H53N. The summed E-state index contributed by atoms with van der Waals surface area (Å²) in [6, 6.07) is 82.4. The zero-order valence-electron chi connectivity index (χ0n) is 42.7. The Morgan fingerprint density at radius 2 is 0.707 bits per heavy atom. The molecule has 0 atom stereocenters. The molecule has 2 spiro atoms. The van der Waals surface area contributed by atoms with Crippen LogP contribution in [0.5, 0.6) is 0 Å². The van der Waals surface area contributed by atoms with Crippen LogP contribution >= 0.6 is 0 Å². The van der Waals surface area contributed by atoms with E-state index in [-0.39, 0.29) is 16.2 Å². The van der Waals surface area contributed by atoms with E-state index in [2.05, 4.69) is 257 Å². The van der Waals surface area contributed by atoms with Crippen molar-refractivity contribution in [1.29, 1.82) is 0 Å². The second-order valence-electron chi connectivity index (χ2n) is 23.3. The largest absolute Gasteiger partial charge is 0.309 e. The summed E-state index contributed by atoms with van der Waals surface area (Å²) in [5.41, 5.74) is 35.2. The first-order valence-electron chi connectivity index (χ1n) is 27.1. The summed E-state index contributed by atoms with van der Waals surface area (Å²) < 4.78 is 0. The van der Waals surface area contributed by atoms with Gasteiger partial charge in [0.25, 0.3) is 0 Å². The van der Waals surface area contributed by atoms with Gasteiger partial charge in [0.15, 0.2) is 0 Å². The molecule has 0 unspecified atom stereocenters. The number of hydrogen-bond donors (Lipinski definition) is 0. The molecule has 10 aromatic carbocycles. The van der Waals surface area contributed by atoms with Crippen LogP contribution in [-0.4, -0.2) is 0 Å². The van der Waals surface area contributed by atoms with Crippen LogP contribution in [0.1, 0.15) is 107 Å². The Bertz CT molecular complexity index is 4210. The maximum Gasteiger partial charge on any atom is 0.0725 e. The van der Waals surface area contributed by atoms with Crippen molar-refractivity contribution in [2.24, 2.45) is 0 Å². The first-order chi connectivity index (χ1) is 36.7. The standard InChI is InChI=1S/C74H53N/c1-71(2)62-31-17-18-32-68(62)75-69-38-35-45(44-33-36-54-52-23-9-15-29-60(52)73(63(54)39-44)56-25-11-5-19-48(56)49-20-6-12-26-57(49)73)41-65(69)72(3,4)67-43-47(42-66(71)70(67)75)46-34-37-55-53-24-10-16-30-61(53)74(64(55)40-46)58-27-13-7-21-50(58)51-22-8-14-28-59(51)74/h5-8,10-22,24-43H,9,23H2,1-4H3. The first-order valence-corrected chi connectivity index (χ1v) is 27.1. The Labute approximate surface area is 439 Å². The first kappa shape index (κ1) is 41.9. The Kier molecular flexibility index (Phi) is 7.93. The van der Waals surface area contributed by atoms with Crippen molar-refractivity contribution < 1.29 is 0 Å². The lowest BCUT2D eigenvalue weighted by molar-refractivity contribution is 0.598. The van der Waals surface area contributed by atoms with E-state index in [1.165, 1.54) is 151 Å². The monoisotopic (exact) mass is 955 g/mol. The summed E-state index contributed by atoms with van der Waals surface area (Å²) in [6.07, 6.45) is 7.01. The van der Waals surface area contributed by atoms with Gasteiger partial charge >= 0.3 is 0 Å². The molecule has 75 heavy (non-hydrogen) atoms.